The third-order valence-electron chi connectivity index (χ3n) is 4.11. The highest BCUT2D eigenvalue weighted by molar-refractivity contribution is 7.17. The predicted molar refractivity (Wildman–Crippen MR) is 102 cm³/mol. The summed E-state index contributed by atoms with van der Waals surface area (Å²) in [6.07, 6.45) is -2.71. The van der Waals surface area contributed by atoms with Crippen molar-refractivity contribution in [3.05, 3.63) is 77.3 Å². The van der Waals surface area contributed by atoms with Crippen LogP contribution in [0, 0.1) is 0 Å². The summed E-state index contributed by atoms with van der Waals surface area (Å²) in [5.41, 5.74) is 0.819. The van der Waals surface area contributed by atoms with E-state index < -0.39 is 11.7 Å². The molecule has 0 atom stereocenters. The molecule has 2 aromatic carbocycles. The number of fused-ring (bicyclic) bond motifs is 1. The monoisotopic (exact) mass is 385 g/mol. The van der Waals surface area contributed by atoms with Gasteiger partial charge in [0.15, 0.2) is 5.82 Å². The average Bonchev–Trinajstić information content (AvgIpc) is 3.10. The molecule has 0 saturated heterocycles. The Morgan fingerprint density at radius 2 is 1.85 bits per heavy atom. The summed E-state index contributed by atoms with van der Waals surface area (Å²) in [6, 6.07) is 15.0. The van der Waals surface area contributed by atoms with Gasteiger partial charge >= 0.3 is 6.18 Å². The Labute approximate surface area is 157 Å². The van der Waals surface area contributed by atoms with Crippen molar-refractivity contribution in [2.24, 2.45) is 0 Å². The summed E-state index contributed by atoms with van der Waals surface area (Å²) in [4.78, 5) is 8.85. The van der Waals surface area contributed by atoms with Crippen LogP contribution in [-0.4, -0.2) is 9.97 Å². The van der Waals surface area contributed by atoms with Crippen molar-refractivity contribution < 1.29 is 13.2 Å². The molecule has 2 heterocycles. The van der Waals surface area contributed by atoms with Gasteiger partial charge in [-0.05, 0) is 29.8 Å². The number of nitrogens with zero attached hydrogens (tertiary/aromatic N) is 2. The lowest BCUT2D eigenvalue weighted by Crippen LogP contribution is -2.07. The second-order valence-electron chi connectivity index (χ2n) is 5.96. The number of benzene rings is 2. The molecule has 0 aliphatic carbocycles. The SMILES string of the molecule is FC(F)(F)c1cccc(CNc2ccnc(-c3csc4ccccc34)n2)c1. The van der Waals surface area contributed by atoms with Crippen LogP contribution in [0.5, 0.6) is 0 Å². The minimum absolute atomic E-state index is 0.241. The number of alkyl halides is 3. The number of anilines is 1. The first-order valence-electron chi connectivity index (χ1n) is 8.20. The Kier molecular flexibility index (Phi) is 4.53. The Balaban J connectivity index is 1.55. The Morgan fingerprint density at radius 1 is 1.00 bits per heavy atom. The van der Waals surface area contributed by atoms with Gasteiger partial charge in [-0.25, -0.2) is 9.97 Å². The molecule has 7 heteroatoms. The first kappa shape index (κ1) is 17.5. The number of thiophene rings is 1. The van der Waals surface area contributed by atoms with Crippen LogP contribution in [0.15, 0.2) is 66.2 Å². The number of nitrogens with one attached hydrogen (secondary N) is 1. The highest BCUT2D eigenvalue weighted by Crippen LogP contribution is 2.32. The fourth-order valence-corrected chi connectivity index (χ4v) is 3.73. The highest BCUT2D eigenvalue weighted by Gasteiger charge is 2.30. The summed E-state index contributed by atoms with van der Waals surface area (Å²) in [6.45, 7) is 0.241. The average molecular weight is 385 g/mol. The zero-order chi connectivity index (χ0) is 18.9. The van der Waals surface area contributed by atoms with E-state index in [1.807, 2.05) is 29.6 Å². The molecular weight excluding hydrogens is 371 g/mol. The smallest absolute Gasteiger partial charge is 0.366 e. The molecular formula is C20H14F3N3S. The molecule has 1 N–H and O–H groups in total. The first-order chi connectivity index (χ1) is 13.0. The van der Waals surface area contributed by atoms with E-state index in [0.717, 1.165) is 27.8 Å². The van der Waals surface area contributed by atoms with E-state index in [1.165, 1.54) is 6.07 Å². The van der Waals surface area contributed by atoms with Crippen molar-refractivity contribution >= 4 is 27.2 Å². The fourth-order valence-electron chi connectivity index (χ4n) is 2.79. The van der Waals surface area contributed by atoms with E-state index in [1.54, 1.807) is 29.7 Å². The topological polar surface area (TPSA) is 37.8 Å². The quantitative estimate of drug-likeness (QED) is 0.469. The summed E-state index contributed by atoms with van der Waals surface area (Å²) in [5.74, 6) is 1.15. The lowest BCUT2D eigenvalue weighted by molar-refractivity contribution is -0.137. The summed E-state index contributed by atoms with van der Waals surface area (Å²) in [5, 5.41) is 6.17. The molecule has 0 aliphatic heterocycles. The van der Waals surface area contributed by atoms with Crippen molar-refractivity contribution in [1.82, 2.24) is 9.97 Å². The van der Waals surface area contributed by atoms with Crippen molar-refractivity contribution in [3.8, 4) is 11.4 Å². The molecule has 0 radical (unpaired) electrons. The summed E-state index contributed by atoms with van der Waals surface area (Å²) in [7, 11) is 0. The molecule has 2 aromatic heterocycles. The van der Waals surface area contributed by atoms with E-state index in [9.17, 15) is 13.2 Å². The minimum atomic E-state index is -4.35. The molecule has 0 amide bonds. The second-order valence-corrected chi connectivity index (χ2v) is 6.87. The van der Waals surface area contributed by atoms with Gasteiger partial charge in [-0.1, -0.05) is 30.3 Å². The molecule has 0 spiro atoms. The standard InChI is InChI=1S/C20H14F3N3S/c21-20(22,23)14-5-3-4-13(10-14)11-25-18-8-9-24-19(26-18)16-12-27-17-7-2-1-6-15(16)17/h1-10,12H,11H2,(H,24,25,26). The Morgan fingerprint density at radius 3 is 2.70 bits per heavy atom. The first-order valence-corrected chi connectivity index (χ1v) is 9.08. The van der Waals surface area contributed by atoms with Crippen LogP contribution < -0.4 is 5.32 Å². The van der Waals surface area contributed by atoms with Gasteiger partial charge in [0.1, 0.15) is 5.82 Å². The zero-order valence-electron chi connectivity index (χ0n) is 14.0. The van der Waals surface area contributed by atoms with Gasteiger partial charge in [0.25, 0.3) is 0 Å². The lowest BCUT2D eigenvalue weighted by atomic mass is 10.1. The van der Waals surface area contributed by atoms with Crippen LogP contribution >= 0.6 is 11.3 Å². The highest BCUT2D eigenvalue weighted by atomic mass is 32.1. The van der Waals surface area contributed by atoms with Crippen LogP contribution in [0.4, 0.5) is 19.0 Å². The fraction of sp³-hybridized carbons (Fsp3) is 0.100. The lowest BCUT2D eigenvalue weighted by Gasteiger charge is -2.10. The van der Waals surface area contributed by atoms with Crippen molar-refractivity contribution in [2.45, 2.75) is 12.7 Å². The summed E-state index contributed by atoms with van der Waals surface area (Å²) >= 11 is 1.62. The predicted octanol–water partition coefficient (Wildman–Crippen LogP) is 5.99. The van der Waals surface area contributed by atoms with Crippen LogP contribution in [0.25, 0.3) is 21.5 Å². The van der Waals surface area contributed by atoms with Gasteiger partial charge in [0, 0.05) is 33.8 Å². The number of hydrogen-bond acceptors (Lipinski definition) is 4. The normalized spacial score (nSPS) is 11.7. The van der Waals surface area contributed by atoms with Crippen molar-refractivity contribution in [1.29, 1.82) is 0 Å². The van der Waals surface area contributed by atoms with Crippen LogP contribution in [0.3, 0.4) is 0 Å². The maximum absolute atomic E-state index is 12.8. The Bertz CT molecular complexity index is 1090. The summed E-state index contributed by atoms with van der Waals surface area (Å²) < 4.78 is 39.6. The molecule has 0 fully saturated rings. The van der Waals surface area contributed by atoms with Crippen LogP contribution in [0.2, 0.25) is 0 Å². The maximum Gasteiger partial charge on any atom is 0.416 e. The molecule has 0 unspecified atom stereocenters. The van der Waals surface area contributed by atoms with Gasteiger partial charge in [0.05, 0.1) is 5.56 Å². The molecule has 0 saturated carbocycles. The minimum Gasteiger partial charge on any atom is -0.366 e. The molecule has 0 bridgehead atoms. The van der Waals surface area contributed by atoms with Gasteiger partial charge in [0.2, 0.25) is 0 Å². The van der Waals surface area contributed by atoms with Crippen molar-refractivity contribution in [2.75, 3.05) is 5.32 Å². The van der Waals surface area contributed by atoms with E-state index in [2.05, 4.69) is 15.3 Å². The molecule has 4 aromatic rings. The van der Waals surface area contributed by atoms with Gasteiger partial charge in [-0.3, -0.25) is 0 Å². The zero-order valence-corrected chi connectivity index (χ0v) is 14.8. The van der Waals surface area contributed by atoms with Crippen molar-refractivity contribution in [3.63, 3.8) is 0 Å². The molecule has 27 heavy (non-hydrogen) atoms. The molecule has 3 nitrogen and oxygen atoms in total. The molecule has 4 rings (SSSR count). The van der Waals surface area contributed by atoms with Gasteiger partial charge in [-0.2, -0.15) is 13.2 Å². The second kappa shape index (κ2) is 7.00. The Hall–Kier alpha value is -2.93. The third-order valence-corrected chi connectivity index (χ3v) is 5.07. The number of halogens is 3. The molecule has 0 aliphatic rings. The van der Waals surface area contributed by atoms with Gasteiger partial charge < -0.3 is 5.32 Å². The number of rotatable bonds is 4. The number of hydrogen-bond donors (Lipinski definition) is 1. The third kappa shape index (κ3) is 3.78. The maximum atomic E-state index is 12.8. The van der Waals surface area contributed by atoms with E-state index in [4.69, 9.17) is 0 Å². The van der Waals surface area contributed by atoms with Crippen LogP contribution in [0.1, 0.15) is 11.1 Å². The van der Waals surface area contributed by atoms with Crippen LogP contribution in [-0.2, 0) is 12.7 Å². The van der Waals surface area contributed by atoms with E-state index in [0.29, 0.717) is 17.2 Å². The molecule has 136 valence electrons. The van der Waals surface area contributed by atoms with E-state index in [-0.39, 0.29) is 6.54 Å². The van der Waals surface area contributed by atoms with E-state index >= 15 is 0 Å². The largest absolute Gasteiger partial charge is 0.416 e. The van der Waals surface area contributed by atoms with Gasteiger partial charge in [-0.15, -0.1) is 11.3 Å². The number of aromatic nitrogens is 2.